The van der Waals surface area contributed by atoms with Crippen LogP contribution < -0.4 is 0 Å². The second-order valence-electron chi connectivity index (χ2n) is 5.11. The normalized spacial score (nSPS) is 26.0. The highest BCUT2D eigenvalue weighted by molar-refractivity contribution is 7.99. The Hall–Kier alpha value is -1.28. The average Bonchev–Trinajstić information content (AvgIpc) is 2.94. The Morgan fingerprint density at radius 1 is 1.38 bits per heavy atom. The topological polar surface area (TPSA) is 87.2 Å². The highest BCUT2D eigenvalue weighted by Gasteiger charge is 2.38. The van der Waals surface area contributed by atoms with Gasteiger partial charge in [0.25, 0.3) is 0 Å². The molecule has 2 unspecified atom stereocenters. The summed E-state index contributed by atoms with van der Waals surface area (Å²) in [6.07, 6.45) is -0.194. The van der Waals surface area contributed by atoms with E-state index in [0.29, 0.717) is 31.2 Å². The van der Waals surface area contributed by atoms with E-state index in [9.17, 15) is 14.4 Å². The SMILES string of the molecule is CCC(=O)N1CSCC1C(=O)N1CCOC(CC(=O)O)C1. The molecular formula is C13H20N2O5S. The summed E-state index contributed by atoms with van der Waals surface area (Å²) in [6, 6.07) is -0.425. The van der Waals surface area contributed by atoms with Crippen molar-refractivity contribution in [3.05, 3.63) is 0 Å². The predicted molar refractivity (Wildman–Crippen MR) is 76.8 cm³/mol. The zero-order valence-corrected chi connectivity index (χ0v) is 12.8. The number of morpholine rings is 1. The quantitative estimate of drug-likeness (QED) is 0.785. The Kier molecular flexibility index (Phi) is 5.46. The number of hydrogen-bond acceptors (Lipinski definition) is 5. The van der Waals surface area contributed by atoms with Crippen LogP contribution in [0.15, 0.2) is 0 Å². The summed E-state index contributed by atoms with van der Waals surface area (Å²) >= 11 is 1.57. The number of ether oxygens (including phenoxy) is 1. The van der Waals surface area contributed by atoms with Gasteiger partial charge in [-0.15, -0.1) is 11.8 Å². The number of hydrogen-bond donors (Lipinski definition) is 1. The van der Waals surface area contributed by atoms with Gasteiger partial charge in [-0.3, -0.25) is 14.4 Å². The third-order valence-corrected chi connectivity index (χ3v) is 4.66. The fourth-order valence-corrected chi connectivity index (χ4v) is 3.72. The molecule has 0 aromatic heterocycles. The second kappa shape index (κ2) is 7.13. The van der Waals surface area contributed by atoms with Gasteiger partial charge in [0.05, 0.1) is 25.0 Å². The van der Waals surface area contributed by atoms with Gasteiger partial charge >= 0.3 is 5.97 Å². The van der Waals surface area contributed by atoms with Crippen molar-refractivity contribution in [1.29, 1.82) is 0 Å². The van der Waals surface area contributed by atoms with Crippen molar-refractivity contribution in [2.24, 2.45) is 0 Å². The molecule has 0 saturated carbocycles. The molecule has 2 atom stereocenters. The van der Waals surface area contributed by atoms with E-state index < -0.39 is 18.1 Å². The zero-order chi connectivity index (χ0) is 15.4. The van der Waals surface area contributed by atoms with Crippen LogP contribution in [0.4, 0.5) is 0 Å². The van der Waals surface area contributed by atoms with E-state index in [-0.39, 0.29) is 24.8 Å². The predicted octanol–water partition coefficient (Wildman–Crippen LogP) is 0.00000000000000128. The summed E-state index contributed by atoms with van der Waals surface area (Å²) in [5.74, 6) is 0.0972. The summed E-state index contributed by atoms with van der Waals surface area (Å²) in [5, 5.41) is 8.81. The number of thioether (sulfide) groups is 1. The van der Waals surface area contributed by atoms with Gasteiger partial charge in [-0.25, -0.2) is 0 Å². The molecule has 2 rings (SSSR count). The van der Waals surface area contributed by atoms with E-state index in [1.54, 1.807) is 28.5 Å². The number of amides is 2. The Morgan fingerprint density at radius 2 is 2.14 bits per heavy atom. The lowest BCUT2D eigenvalue weighted by Gasteiger charge is -2.35. The third-order valence-electron chi connectivity index (χ3n) is 3.64. The monoisotopic (exact) mass is 316 g/mol. The molecule has 7 nitrogen and oxygen atoms in total. The molecule has 0 spiro atoms. The summed E-state index contributed by atoms with van der Waals surface area (Å²) in [6.45, 7) is 2.85. The number of carbonyl (C=O) groups is 3. The molecule has 0 bridgehead atoms. The first kappa shape index (κ1) is 16.1. The molecule has 2 aliphatic heterocycles. The molecular weight excluding hydrogens is 296 g/mol. The van der Waals surface area contributed by atoms with Gasteiger partial charge < -0.3 is 19.6 Å². The smallest absolute Gasteiger partial charge is 0.306 e. The van der Waals surface area contributed by atoms with Crippen LogP contribution in [0.2, 0.25) is 0 Å². The van der Waals surface area contributed by atoms with E-state index in [2.05, 4.69) is 0 Å². The van der Waals surface area contributed by atoms with Crippen molar-refractivity contribution in [2.45, 2.75) is 31.9 Å². The van der Waals surface area contributed by atoms with E-state index in [0.717, 1.165) is 0 Å². The van der Waals surface area contributed by atoms with Gasteiger partial charge in [-0.2, -0.15) is 0 Å². The number of aliphatic carboxylic acids is 1. The van der Waals surface area contributed by atoms with Gasteiger partial charge in [-0.1, -0.05) is 6.92 Å². The summed E-state index contributed by atoms with van der Waals surface area (Å²) in [5.41, 5.74) is 0. The molecule has 2 heterocycles. The van der Waals surface area contributed by atoms with Crippen molar-refractivity contribution in [3.63, 3.8) is 0 Å². The van der Waals surface area contributed by atoms with Gasteiger partial charge in [-0.05, 0) is 0 Å². The van der Waals surface area contributed by atoms with E-state index >= 15 is 0 Å². The third kappa shape index (κ3) is 3.88. The minimum atomic E-state index is -0.937. The molecule has 0 radical (unpaired) electrons. The Morgan fingerprint density at radius 3 is 2.81 bits per heavy atom. The highest BCUT2D eigenvalue weighted by atomic mass is 32.2. The van der Waals surface area contributed by atoms with E-state index in [1.807, 2.05) is 0 Å². The summed E-state index contributed by atoms with van der Waals surface area (Å²) in [4.78, 5) is 38.4. The first-order chi connectivity index (χ1) is 10.0. The van der Waals surface area contributed by atoms with Crippen LogP contribution in [0.5, 0.6) is 0 Å². The number of carboxylic acid groups (broad SMARTS) is 1. The van der Waals surface area contributed by atoms with Crippen LogP contribution in [-0.4, -0.2) is 76.2 Å². The lowest BCUT2D eigenvalue weighted by molar-refractivity contribution is -0.151. The zero-order valence-electron chi connectivity index (χ0n) is 12.0. The Bertz CT molecular complexity index is 431. The van der Waals surface area contributed by atoms with Crippen molar-refractivity contribution >= 4 is 29.5 Å². The maximum absolute atomic E-state index is 12.6. The van der Waals surface area contributed by atoms with Gasteiger partial charge in [0.2, 0.25) is 11.8 Å². The summed E-state index contributed by atoms with van der Waals surface area (Å²) < 4.78 is 5.37. The molecule has 0 aromatic rings. The number of carboxylic acids is 1. The molecule has 21 heavy (non-hydrogen) atoms. The van der Waals surface area contributed by atoms with Crippen molar-refractivity contribution in [1.82, 2.24) is 9.80 Å². The maximum Gasteiger partial charge on any atom is 0.306 e. The van der Waals surface area contributed by atoms with Crippen LogP contribution in [0.3, 0.4) is 0 Å². The van der Waals surface area contributed by atoms with Crippen LogP contribution in [0, 0.1) is 0 Å². The number of carbonyl (C=O) groups excluding carboxylic acids is 2. The number of rotatable bonds is 4. The Balaban J connectivity index is 1.98. The van der Waals surface area contributed by atoms with Crippen LogP contribution in [0.25, 0.3) is 0 Å². The van der Waals surface area contributed by atoms with E-state index in [1.165, 1.54) is 0 Å². The maximum atomic E-state index is 12.6. The lowest BCUT2D eigenvalue weighted by Crippen LogP contribution is -2.54. The molecule has 0 aromatic carbocycles. The molecule has 2 fully saturated rings. The Labute approximate surface area is 127 Å². The largest absolute Gasteiger partial charge is 0.481 e. The van der Waals surface area contributed by atoms with Crippen molar-refractivity contribution in [2.75, 3.05) is 31.3 Å². The van der Waals surface area contributed by atoms with Crippen LogP contribution in [0.1, 0.15) is 19.8 Å². The average molecular weight is 316 g/mol. The van der Waals surface area contributed by atoms with Gasteiger partial charge in [0.15, 0.2) is 0 Å². The molecule has 0 aliphatic carbocycles. The van der Waals surface area contributed by atoms with Gasteiger partial charge in [0.1, 0.15) is 6.04 Å². The minimum absolute atomic E-state index is 0.0197. The standard InChI is InChI=1S/C13H20N2O5S/c1-2-11(16)15-8-21-7-10(15)13(19)14-3-4-20-9(6-14)5-12(17)18/h9-10H,2-8H2,1H3,(H,17,18). The second-order valence-corrected chi connectivity index (χ2v) is 6.11. The minimum Gasteiger partial charge on any atom is -0.481 e. The molecule has 2 amide bonds. The van der Waals surface area contributed by atoms with E-state index in [4.69, 9.17) is 9.84 Å². The fraction of sp³-hybridized carbons (Fsp3) is 0.769. The van der Waals surface area contributed by atoms with Crippen LogP contribution in [-0.2, 0) is 19.1 Å². The highest BCUT2D eigenvalue weighted by Crippen LogP contribution is 2.24. The molecule has 2 saturated heterocycles. The van der Waals surface area contributed by atoms with Crippen molar-refractivity contribution in [3.8, 4) is 0 Å². The molecule has 2 aliphatic rings. The van der Waals surface area contributed by atoms with Crippen molar-refractivity contribution < 1.29 is 24.2 Å². The molecule has 118 valence electrons. The number of nitrogens with zero attached hydrogens (tertiary/aromatic N) is 2. The lowest BCUT2D eigenvalue weighted by atomic mass is 10.1. The summed E-state index contributed by atoms with van der Waals surface area (Å²) in [7, 11) is 0. The molecule has 1 N–H and O–H groups in total. The first-order valence-corrected chi connectivity index (χ1v) is 8.17. The molecule has 8 heteroatoms. The van der Waals surface area contributed by atoms with Crippen LogP contribution >= 0.6 is 11.8 Å². The first-order valence-electron chi connectivity index (χ1n) is 7.02. The fourth-order valence-electron chi connectivity index (χ4n) is 2.54. The van der Waals surface area contributed by atoms with Gasteiger partial charge in [0, 0.05) is 25.3 Å².